The first-order chi connectivity index (χ1) is 8.81. The number of rotatable bonds is 4. The fourth-order valence-corrected chi connectivity index (χ4v) is 1.55. The second-order valence-electron chi connectivity index (χ2n) is 3.74. The molecule has 0 spiro atoms. The van der Waals surface area contributed by atoms with Crippen molar-refractivity contribution in [1.82, 2.24) is 4.98 Å². The summed E-state index contributed by atoms with van der Waals surface area (Å²) in [5.41, 5.74) is 2.44. The van der Waals surface area contributed by atoms with E-state index >= 15 is 0 Å². The standard InChI is InChI=1S/C14H13N3O/c1-18-14-4-2-11(3-5-14)10-17-12-6-7-16-13(8-12)9-15/h2-8H,10H2,1H3,(H,16,17). The summed E-state index contributed by atoms with van der Waals surface area (Å²) in [5.74, 6) is 0.842. The molecule has 0 bridgehead atoms. The van der Waals surface area contributed by atoms with E-state index in [1.165, 1.54) is 0 Å². The lowest BCUT2D eigenvalue weighted by Crippen LogP contribution is -2.00. The van der Waals surface area contributed by atoms with Gasteiger partial charge in [0, 0.05) is 18.4 Å². The summed E-state index contributed by atoms with van der Waals surface area (Å²) in [5, 5.41) is 12.0. The normalized spacial score (nSPS) is 9.56. The molecule has 0 amide bonds. The van der Waals surface area contributed by atoms with Crippen LogP contribution in [0.2, 0.25) is 0 Å². The Labute approximate surface area is 106 Å². The number of nitrogens with one attached hydrogen (secondary N) is 1. The molecule has 4 nitrogen and oxygen atoms in total. The number of nitriles is 1. The van der Waals surface area contributed by atoms with Crippen molar-refractivity contribution in [2.75, 3.05) is 12.4 Å². The molecule has 0 radical (unpaired) electrons. The zero-order valence-corrected chi connectivity index (χ0v) is 10.1. The summed E-state index contributed by atoms with van der Waals surface area (Å²) in [7, 11) is 1.65. The SMILES string of the molecule is COc1ccc(CNc2ccnc(C#N)c2)cc1. The van der Waals surface area contributed by atoms with E-state index in [0.29, 0.717) is 12.2 Å². The van der Waals surface area contributed by atoms with Gasteiger partial charge in [0.2, 0.25) is 0 Å². The van der Waals surface area contributed by atoms with E-state index in [9.17, 15) is 0 Å². The molecule has 0 aliphatic rings. The Bertz CT molecular complexity index is 558. The first-order valence-electron chi connectivity index (χ1n) is 5.55. The summed E-state index contributed by atoms with van der Waals surface area (Å²) < 4.78 is 5.10. The summed E-state index contributed by atoms with van der Waals surface area (Å²) in [4.78, 5) is 3.92. The largest absolute Gasteiger partial charge is 0.497 e. The van der Waals surface area contributed by atoms with Gasteiger partial charge < -0.3 is 10.1 Å². The van der Waals surface area contributed by atoms with Crippen molar-refractivity contribution in [3.05, 3.63) is 53.9 Å². The Hall–Kier alpha value is -2.54. The summed E-state index contributed by atoms with van der Waals surface area (Å²) in [6.45, 7) is 0.693. The molecule has 18 heavy (non-hydrogen) atoms. The Kier molecular flexibility index (Phi) is 3.77. The second-order valence-corrected chi connectivity index (χ2v) is 3.74. The smallest absolute Gasteiger partial charge is 0.142 e. The number of pyridine rings is 1. The van der Waals surface area contributed by atoms with Crippen LogP contribution >= 0.6 is 0 Å². The molecule has 0 saturated carbocycles. The van der Waals surface area contributed by atoms with Gasteiger partial charge in [-0.15, -0.1) is 0 Å². The van der Waals surface area contributed by atoms with Gasteiger partial charge >= 0.3 is 0 Å². The molecule has 0 unspecified atom stereocenters. The zero-order valence-electron chi connectivity index (χ0n) is 10.1. The molecule has 1 N–H and O–H groups in total. The van der Waals surface area contributed by atoms with Gasteiger partial charge in [-0.1, -0.05) is 12.1 Å². The lowest BCUT2D eigenvalue weighted by atomic mass is 10.2. The number of ether oxygens (including phenoxy) is 1. The third-order valence-corrected chi connectivity index (χ3v) is 2.53. The van der Waals surface area contributed by atoms with Crippen LogP contribution in [0, 0.1) is 11.3 Å². The minimum atomic E-state index is 0.412. The van der Waals surface area contributed by atoms with E-state index in [1.807, 2.05) is 36.4 Å². The van der Waals surface area contributed by atoms with E-state index in [0.717, 1.165) is 17.0 Å². The van der Waals surface area contributed by atoms with E-state index < -0.39 is 0 Å². The maximum atomic E-state index is 8.75. The van der Waals surface area contributed by atoms with Crippen molar-refractivity contribution < 1.29 is 4.74 Å². The van der Waals surface area contributed by atoms with E-state index in [4.69, 9.17) is 10.00 Å². The maximum absolute atomic E-state index is 8.75. The van der Waals surface area contributed by atoms with Crippen LogP contribution in [0.4, 0.5) is 5.69 Å². The number of hydrogen-bond donors (Lipinski definition) is 1. The number of anilines is 1. The fourth-order valence-electron chi connectivity index (χ4n) is 1.55. The molecule has 90 valence electrons. The van der Waals surface area contributed by atoms with Crippen LogP contribution in [-0.4, -0.2) is 12.1 Å². The first kappa shape index (κ1) is 11.9. The number of benzene rings is 1. The molecule has 1 aromatic heterocycles. The molecule has 4 heteroatoms. The quantitative estimate of drug-likeness (QED) is 0.890. The van der Waals surface area contributed by atoms with Gasteiger partial charge in [0.25, 0.3) is 0 Å². The van der Waals surface area contributed by atoms with Crippen LogP contribution in [-0.2, 0) is 6.54 Å². The molecule has 0 atom stereocenters. The van der Waals surface area contributed by atoms with Crippen LogP contribution in [0.15, 0.2) is 42.6 Å². The van der Waals surface area contributed by atoms with Gasteiger partial charge in [0.05, 0.1) is 7.11 Å². The van der Waals surface area contributed by atoms with Crippen molar-refractivity contribution in [2.45, 2.75) is 6.54 Å². The molecular weight excluding hydrogens is 226 g/mol. The third-order valence-electron chi connectivity index (χ3n) is 2.53. The number of nitrogens with zero attached hydrogens (tertiary/aromatic N) is 2. The zero-order chi connectivity index (χ0) is 12.8. The van der Waals surface area contributed by atoms with Crippen molar-refractivity contribution >= 4 is 5.69 Å². The van der Waals surface area contributed by atoms with Gasteiger partial charge in [-0.2, -0.15) is 5.26 Å². The van der Waals surface area contributed by atoms with E-state index in [1.54, 1.807) is 19.4 Å². The fraction of sp³-hybridized carbons (Fsp3) is 0.143. The van der Waals surface area contributed by atoms with Gasteiger partial charge in [-0.25, -0.2) is 4.98 Å². The molecule has 1 heterocycles. The topological polar surface area (TPSA) is 57.9 Å². The summed E-state index contributed by atoms with van der Waals surface area (Å²) in [6.07, 6.45) is 1.62. The molecule has 0 fully saturated rings. The molecule has 1 aromatic carbocycles. The molecule has 2 rings (SSSR count). The lowest BCUT2D eigenvalue weighted by Gasteiger charge is -2.07. The minimum Gasteiger partial charge on any atom is -0.497 e. The van der Waals surface area contributed by atoms with Crippen molar-refractivity contribution in [2.24, 2.45) is 0 Å². The average molecular weight is 239 g/mol. The molecule has 0 saturated heterocycles. The average Bonchev–Trinajstić information content (AvgIpc) is 2.46. The molecule has 2 aromatic rings. The predicted octanol–water partition coefficient (Wildman–Crippen LogP) is 2.57. The summed E-state index contributed by atoms with van der Waals surface area (Å²) in [6, 6.07) is 13.4. The van der Waals surface area contributed by atoms with E-state index in [-0.39, 0.29) is 0 Å². The second kappa shape index (κ2) is 5.69. The van der Waals surface area contributed by atoms with Gasteiger partial charge in [0.1, 0.15) is 17.5 Å². The Morgan fingerprint density at radius 2 is 2.06 bits per heavy atom. The molecule has 0 aliphatic carbocycles. The molecule has 0 aliphatic heterocycles. The van der Waals surface area contributed by atoms with Crippen LogP contribution in [0.3, 0.4) is 0 Å². The van der Waals surface area contributed by atoms with Crippen LogP contribution in [0.25, 0.3) is 0 Å². The summed E-state index contributed by atoms with van der Waals surface area (Å²) >= 11 is 0. The van der Waals surface area contributed by atoms with Crippen LogP contribution in [0.5, 0.6) is 5.75 Å². The van der Waals surface area contributed by atoms with Gasteiger partial charge in [-0.3, -0.25) is 0 Å². The van der Waals surface area contributed by atoms with Crippen LogP contribution < -0.4 is 10.1 Å². The Morgan fingerprint density at radius 1 is 1.28 bits per heavy atom. The highest BCUT2D eigenvalue weighted by atomic mass is 16.5. The molecular formula is C14H13N3O. The lowest BCUT2D eigenvalue weighted by molar-refractivity contribution is 0.414. The number of aromatic nitrogens is 1. The Balaban J connectivity index is 2.00. The van der Waals surface area contributed by atoms with Crippen molar-refractivity contribution in [1.29, 1.82) is 5.26 Å². The number of methoxy groups -OCH3 is 1. The monoisotopic (exact) mass is 239 g/mol. The highest BCUT2D eigenvalue weighted by molar-refractivity contribution is 5.46. The highest BCUT2D eigenvalue weighted by Crippen LogP contribution is 2.13. The van der Waals surface area contributed by atoms with Crippen LogP contribution in [0.1, 0.15) is 11.3 Å². The highest BCUT2D eigenvalue weighted by Gasteiger charge is 1.97. The maximum Gasteiger partial charge on any atom is 0.142 e. The van der Waals surface area contributed by atoms with Crippen molar-refractivity contribution in [3.8, 4) is 11.8 Å². The Morgan fingerprint density at radius 3 is 2.72 bits per heavy atom. The third kappa shape index (κ3) is 2.98. The number of hydrogen-bond acceptors (Lipinski definition) is 4. The minimum absolute atomic E-state index is 0.412. The predicted molar refractivity (Wildman–Crippen MR) is 69.3 cm³/mol. The first-order valence-corrected chi connectivity index (χ1v) is 5.55. The van der Waals surface area contributed by atoms with Gasteiger partial charge in [-0.05, 0) is 29.8 Å². The van der Waals surface area contributed by atoms with Crippen molar-refractivity contribution in [3.63, 3.8) is 0 Å². The van der Waals surface area contributed by atoms with Gasteiger partial charge in [0.15, 0.2) is 0 Å². The van der Waals surface area contributed by atoms with E-state index in [2.05, 4.69) is 10.3 Å².